The van der Waals surface area contributed by atoms with Gasteiger partial charge in [0.1, 0.15) is 0 Å². The number of carbonyl (C=O) groups excluding carboxylic acids is 1. The van der Waals surface area contributed by atoms with E-state index in [1.807, 2.05) is 16.9 Å². The van der Waals surface area contributed by atoms with Gasteiger partial charge in [0, 0.05) is 25.2 Å². The fraction of sp³-hybridized carbons (Fsp3) is 0.455. The molecule has 0 aromatic carbocycles. The van der Waals surface area contributed by atoms with E-state index in [1.54, 1.807) is 0 Å². The van der Waals surface area contributed by atoms with E-state index in [2.05, 4.69) is 30.8 Å². The van der Waals surface area contributed by atoms with Crippen LogP contribution >= 0.6 is 0 Å². The van der Waals surface area contributed by atoms with Crippen LogP contribution in [0.2, 0.25) is 0 Å². The van der Waals surface area contributed by atoms with Gasteiger partial charge in [-0.1, -0.05) is 6.58 Å². The summed E-state index contributed by atoms with van der Waals surface area (Å²) in [7, 11) is 0. The average Bonchev–Trinajstić information content (AvgIpc) is 2.66. The van der Waals surface area contributed by atoms with Crippen LogP contribution in [-0.4, -0.2) is 22.2 Å². The maximum absolute atomic E-state index is 10.9. The Bertz CT molecular complexity index is 341. The largest absolute Gasteiger partial charge is 0.352 e. The van der Waals surface area contributed by atoms with Crippen LogP contribution in [0.5, 0.6) is 0 Å². The van der Waals surface area contributed by atoms with E-state index in [0.717, 1.165) is 12.1 Å². The van der Waals surface area contributed by atoms with Gasteiger partial charge < -0.3 is 5.32 Å². The van der Waals surface area contributed by atoms with Crippen molar-refractivity contribution >= 4 is 5.91 Å². The number of nitrogens with one attached hydrogen (secondary N) is 1. The molecule has 0 radical (unpaired) electrons. The maximum Gasteiger partial charge on any atom is 0.243 e. The van der Waals surface area contributed by atoms with Crippen molar-refractivity contribution in [2.75, 3.05) is 6.54 Å². The number of nitrogens with zero attached hydrogens (tertiary/aromatic N) is 2. The summed E-state index contributed by atoms with van der Waals surface area (Å²) < 4.78 is 1.91. The monoisotopic (exact) mass is 207 g/mol. The smallest absolute Gasteiger partial charge is 0.243 e. The lowest BCUT2D eigenvalue weighted by Crippen LogP contribution is -2.23. The summed E-state index contributed by atoms with van der Waals surface area (Å²) in [6.07, 6.45) is 3.97. The van der Waals surface area contributed by atoms with Gasteiger partial charge >= 0.3 is 0 Å². The molecule has 1 aromatic rings. The van der Waals surface area contributed by atoms with Crippen molar-refractivity contribution in [3.63, 3.8) is 0 Å². The molecule has 1 aromatic heterocycles. The molecule has 1 rings (SSSR count). The fourth-order valence-corrected chi connectivity index (χ4v) is 1.18. The van der Waals surface area contributed by atoms with Crippen molar-refractivity contribution in [3.05, 3.63) is 30.6 Å². The number of hydrogen-bond acceptors (Lipinski definition) is 2. The topological polar surface area (TPSA) is 46.9 Å². The molecular weight excluding hydrogens is 190 g/mol. The van der Waals surface area contributed by atoms with Crippen molar-refractivity contribution < 1.29 is 4.79 Å². The maximum atomic E-state index is 10.9. The lowest BCUT2D eigenvalue weighted by atomic mass is 10.3. The average molecular weight is 207 g/mol. The highest BCUT2D eigenvalue weighted by atomic mass is 16.1. The third-order valence-corrected chi connectivity index (χ3v) is 2.06. The normalized spacial score (nSPS) is 10.3. The Hall–Kier alpha value is -1.58. The third kappa shape index (κ3) is 3.58. The molecule has 1 heterocycles. The minimum Gasteiger partial charge on any atom is -0.352 e. The van der Waals surface area contributed by atoms with Crippen LogP contribution in [0.1, 0.15) is 25.6 Å². The first-order chi connectivity index (χ1) is 7.13. The van der Waals surface area contributed by atoms with Gasteiger partial charge in [-0.3, -0.25) is 9.48 Å². The summed E-state index contributed by atoms with van der Waals surface area (Å²) in [6, 6.07) is 2.35. The Morgan fingerprint density at radius 2 is 2.47 bits per heavy atom. The summed E-state index contributed by atoms with van der Waals surface area (Å²) in [4.78, 5) is 10.9. The Labute approximate surface area is 90.0 Å². The third-order valence-electron chi connectivity index (χ3n) is 2.06. The Morgan fingerprint density at radius 3 is 3.00 bits per heavy atom. The van der Waals surface area contributed by atoms with Gasteiger partial charge in [-0.25, -0.2) is 0 Å². The van der Waals surface area contributed by atoms with Crippen molar-refractivity contribution in [2.45, 2.75) is 26.3 Å². The van der Waals surface area contributed by atoms with Crippen LogP contribution in [0.25, 0.3) is 0 Å². The Balaban J connectivity index is 2.38. The molecule has 0 saturated heterocycles. The zero-order valence-electron chi connectivity index (χ0n) is 9.23. The lowest BCUT2D eigenvalue weighted by molar-refractivity contribution is -0.116. The SMILES string of the molecule is C=CC(=O)NCCc1ccn(C(C)C)n1. The highest BCUT2D eigenvalue weighted by Gasteiger charge is 2.02. The van der Waals surface area contributed by atoms with Crippen LogP contribution < -0.4 is 5.32 Å². The molecule has 82 valence electrons. The van der Waals surface area contributed by atoms with Crippen molar-refractivity contribution in [3.8, 4) is 0 Å². The molecule has 0 spiro atoms. The Morgan fingerprint density at radius 1 is 1.73 bits per heavy atom. The highest BCUT2D eigenvalue weighted by molar-refractivity contribution is 5.86. The first-order valence-electron chi connectivity index (χ1n) is 5.07. The molecule has 0 saturated carbocycles. The van der Waals surface area contributed by atoms with Gasteiger partial charge in [0.2, 0.25) is 5.91 Å². The van der Waals surface area contributed by atoms with Crippen LogP contribution in [-0.2, 0) is 11.2 Å². The predicted octanol–water partition coefficient (Wildman–Crippen LogP) is 1.31. The Kier molecular flexibility index (Phi) is 4.09. The first-order valence-corrected chi connectivity index (χ1v) is 5.07. The number of carbonyl (C=O) groups is 1. The molecule has 15 heavy (non-hydrogen) atoms. The van der Waals surface area contributed by atoms with E-state index >= 15 is 0 Å². The first kappa shape index (κ1) is 11.5. The summed E-state index contributed by atoms with van der Waals surface area (Å²) in [5.41, 5.74) is 0.994. The number of aromatic nitrogens is 2. The summed E-state index contributed by atoms with van der Waals surface area (Å²) in [5.74, 6) is -0.140. The van der Waals surface area contributed by atoms with Crippen molar-refractivity contribution in [2.24, 2.45) is 0 Å². The zero-order valence-corrected chi connectivity index (χ0v) is 9.23. The summed E-state index contributed by atoms with van der Waals surface area (Å²) in [6.45, 7) is 8.14. The zero-order chi connectivity index (χ0) is 11.3. The second-order valence-corrected chi connectivity index (χ2v) is 3.63. The van der Waals surface area contributed by atoms with E-state index in [-0.39, 0.29) is 5.91 Å². The predicted molar refractivity (Wildman–Crippen MR) is 59.5 cm³/mol. The molecule has 1 amide bonds. The van der Waals surface area contributed by atoms with E-state index in [9.17, 15) is 4.79 Å². The molecular formula is C11H17N3O. The van der Waals surface area contributed by atoms with Gasteiger partial charge in [-0.15, -0.1) is 0 Å². The van der Waals surface area contributed by atoms with Gasteiger partial charge in [0.15, 0.2) is 0 Å². The van der Waals surface area contributed by atoms with Gasteiger partial charge in [0.05, 0.1) is 5.69 Å². The fourth-order valence-electron chi connectivity index (χ4n) is 1.18. The van der Waals surface area contributed by atoms with Gasteiger partial charge in [-0.2, -0.15) is 5.10 Å². The van der Waals surface area contributed by atoms with Gasteiger partial charge in [0.25, 0.3) is 0 Å². The standard InChI is InChI=1S/C11H17N3O/c1-4-11(15)12-7-5-10-6-8-14(13-10)9(2)3/h4,6,8-9H,1,5,7H2,2-3H3,(H,12,15). The minimum absolute atomic E-state index is 0.140. The van der Waals surface area contributed by atoms with Crippen LogP contribution in [0.15, 0.2) is 24.9 Å². The van der Waals surface area contributed by atoms with Crippen LogP contribution in [0, 0.1) is 0 Å². The van der Waals surface area contributed by atoms with Crippen LogP contribution in [0.4, 0.5) is 0 Å². The quantitative estimate of drug-likeness (QED) is 0.740. The van der Waals surface area contributed by atoms with Crippen molar-refractivity contribution in [1.82, 2.24) is 15.1 Å². The molecule has 4 nitrogen and oxygen atoms in total. The molecule has 0 aliphatic carbocycles. The molecule has 0 unspecified atom stereocenters. The van der Waals surface area contributed by atoms with E-state index < -0.39 is 0 Å². The number of amides is 1. The molecule has 0 aliphatic rings. The summed E-state index contributed by atoms with van der Waals surface area (Å²) in [5, 5.41) is 7.09. The molecule has 4 heteroatoms. The van der Waals surface area contributed by atoms with Gasteiger partial charge in [-0.05, 0) is 26.0 Å². The highest BCUT2D eigenvalue weighted by Crippen LogP contribution is 2.04. The van der Waals surface area contributed by atoms with E-state index in [1.165, 1.54) is 6.08 Å². The van der Waals surface area contributed by atoms with Crippen molar-refractivity contribution in [1.29, 1.82) is 0 Å². The lowest BCUT2D eigenvalue weighted by Gasteiger charge is -2.04. The second kappa shape index (κ2) is 5.34. The molecule has 0 bridgehead atoms. The second-order valence-electron chi connectivity index (χ2n) is 3.63. The number of hydrogen-bond donors (Lipinski definition) is 1. The summed E-state index contributed by atoms with van der Waals surface area (Å²) >= 11 is 0. The minimum atomic E-state index is -0.140. The van der Waals surface area contributed by atoms with Crippen LogP contribution in [0.3, 0.4) is 0 Å². The molecule has 0 fully saturated rings. The molecule has 0 aliphatic heterocycles. The van der Waals surface area contributed by atoms with E-state index in [4.69, 9.17) is 0 Å². The molecule has 1 N–H and O–H groups in total. The van der Waals surface area contributed by atoms with E-state index in [0.29, 0.717) is 12.6 Å². The number of rotatable bonds is 5. The molecule has 0 atom stereocenters.